The zero-order valence-electron chi connectivity index (χ0n) is 20.8. The van der Waals surface area contributed by atoms with Crippen LogP contribution >= 0.6 is 0 Å². The SMILES string of the molecule is CC(=O)O[C@H]1[C@@H](OC(C)=O)[C@](C#N)(c2ccc3c(N)ncnn23)O[C@@H]1COC(=O)N1CCCCCCC1. The number of carbonyl (C=O) groups excluding carboxylic acids is 3. The number of amides is 1. The molecule has 37 heavy (non-hydrogen) atoms. The molecule has 0 aliphatic carbocycles. The van der Waals surface area contributed by atoms with E-state index in [1.165, 1.54) is 24.7 Å². The van der Waals surface area contributed by atoms with E-state index in [1.807, 2.05) is 0 Å². The van der Waals surface area contributed by atoms with Gasteiger partial charge in [0.25, 0.3) is 0 Å². The Labute approximate surface area is 213 Å². The van der Waals surface area contributed by atoms with Gasteiger partial charge in [-0.25, -0.2) is 14.3 Å². The molecule has 2 aromatic rings. The van der Waals surface area contributed by atoms with Gasteiger partial charge < -0.3 is 29.6 Å². The van der Waals surface area contributed by atoms with Crippen molar-refractivity contribution in [2.24, 2.45) is 0 Å². The van der Waals surface area contributed by atoms with Gasteiger partial charge in [-0.15, -0.1) is 0 Å². The number of hydrogen-bond acceptors (Lipinski definition) is 11. The normalized spacial score (nSPS) is 26.1. The van der Waals surface area contributed by atoms with Crippen LogP contribution in [-0.4, -0.2) is 75.5 Å². The summed E-state index contributed by atoms with van der Waals surface area (Å²) < 4.78 is 24.1. The smallest absolute Gasteiger partial charge is 0.409 e. The summed E-state index contributed by atoms with van der Waals surface area (Å²) in [5.74, 6) is -1.25. The molecule has 4 atom stereocenters. The molecule has 2 aromatic heterocycles. The Morgan fingerprint density at radius 1 is 1.14 bits per heavy atom. The predicted molar refractivity (Wildman–Crippen MR) is 127 cm³/mol. The van der Waals surface area contributed by atoms with Gasteiger partial charge in [0.05, 0.1) is 5.69 Å². The summed E-state index contributed by atoms with van der Waals surface area (Å²) in [6.07, 6.45) is 1.91. The molecule has 2 aliphatic heterocycles. The van der Waals surface area contributed by atoms with E-state index in [0.717, 1.165) is 32.1 Å². The predicted octanol–water partition coefficient (Wildman–Crippen LogP) is 1.70. The topological polar surface area (TPSA) is 171 Å². The zero-order valence-corrected chi connectivity index (χ0v) is 20.8. The third kappa shape index (κ3) is 5.29. The van der Waals surface area contributed by atoms with Crippen molar-refractivity contribution in [3.8, 4) is 6.07 Å². The Morgan fingerprint density at radius 3 is 2.46 bits per heavy atom. The van der Waals surface area contributed by atoms with Gasteiger partial charge in [-0.1, -0.05) is 19.3 Å². The summed E-state index contributed by atoms with van der Waals surface area (Å²) in [5, 5.41) is 14.6. The lowest BCUT2D eigenvalue weighted by atomic mass is 9.92. The van der Waals surface area contributed by atoms with E-state index >= 15 is 0 Å². The van der Waals surface area contributed by atoms with E-state index in [0.29, 0.717) is 18.6 Å². The van der Waals surface area contributed by atoms with Crippen molar-refractivity contribution in [2.75, 3.05) is 25.4 Å². The van der Waals surface area contributed by atoms with Crippen LogP contribution in [0.1, 0.15) is 51.6 Å². The Morgan fingerprint density at radius 2 is 1.81 bits per heavy atom. The molecule has 0 spiro atoms. The van der Waals surface area contributed by atoms with E-state index in [2.05, 4.69) is 16.2 Å². The molecular weight excluding hydrogens is 484 g/mol. The maximum atomic E-state index is 12.8. The van der Waals surface area contributed by atoms with Crippen molar-refractivity contribution in [1.29, 1.82) is 5.26 Å². The number of esters is 2. The van der Waals surface area contributed by atoms with Gasteiger partial charge in [-0.2, -0.15) is 10.4 Å². The highest BCUT2D eigenvalue weighted by Crippen LogP contribution is 2.43. The first-order valence-corrected chi connectivity index (χ1v) is 12.2. The van der Waals surface area contributed by atoms with Crippen molar-refractivity contribution < 1.29 is 33.3 Å². The minimum Gasteiger partial charge on any atom is -0.455 e. The monoisotopic (exact) mass is 514 g/mol. The van der Waals surface area contributed by atoms with Crippen LogP contribution in [0.4, 0.5) is 10.6 Å². The quantitative estimate of drug-likeness (QED) is 0.455. The van der Waals surface area contributed by atoms with Gasteiger partial charge in [0.1, 0.15) is 30.6 Å². The van der Waals surface area contributed by atoms with Crippen LogP contribution in [0.15, 0.2) is 18.5 Å². The van der Waals surface area contributed by atoms with Gasteiger partial charge in [-0.05, 0) is 25.0 Å². The second kappa shape index (κ2) is 11.0. The molecule has 2 fully saturated rings. The molecule has 0 unspecified atom stereocenters. The van der Waals surface area contributed by atoms with Crippen LogP contribution in [0.25, 0.3) is 5.52 Å². The molecule has 1 amide bonds. The number of nitrogens with two attached hydrogens (primary N) is 1. The number of nitrogens with zero attached hydrogens (tertiary/aromatic N) is 5. The highest BCUT2D eigenvalue weighted by atomic mass is 16.7. The molecule has 0 radical (unpaired) electrons. The maximum Gasteiger partial charge on any atom is 0.409 e. The van der Waals surface area contributed by atoms with Crippen molar-refractivity contribution in [3.63, 3.8) is 0 Å². The van der Waals surface area contributed by atoms with Crippen molar-refractivity contribution >= 4 is 29.4 Å². The maximum absolute atomic E-state index is 12.8. The Bertz CT molecular complexity index is 1200. The number of nitrogen functional groups attached to an aromatic ring is 1. The molecule has 0 bridgehead atoms. The standard InChI is InChI=1S/C24H30N6O7/c1-15(31)35-20-18(12-34-23(33)29-10-6-4-3-5-7-11-29)37-24(13-25,21(20)36-16(2)32)19-9-8-17-22(26)27-14-28-30(17)19/h8-9,14,18,20-21H,3-7,10-12H2,1-2H3,(H2,26,27,28)/t18-,20-,21-,24+/m1/s1. The van der Waals surface area contributed by atoms with Crippen LogP contribution in [-0.2, 0) is 34.1 Å². The first-order chi connectivity index (χ1) is 17.8. The van der Waals surface area contributed by atoms with Gasteiger partial charge in [0.15, 0.2) is 18.0 Å². The molecule has 2 N–H and O–H groups in total. The second-order valence-electron chi connectivity index (χ2n) is 9.10. The molecular formula is C24H30N6O7. The largest absolute Gasteiger partial charge is 0.455 e. The van der Waals surface area contributed by atoms with Crippen LogP contribution in [0.2, 0.25) is 0 Å². The summed E-state index contributed by atoms with van der Waals surface area (Å²) in [4.78, 5) is 42.5. The average molecular weight is 515 g/mol. The zero-order chi connectivity index (χ0) is 26.6. The second-order valence-corrected chi connectivity index (χ2v) is 9.10. The number of nitriles is 1. The van der Waals surface area contributed by atoms with Gasteiger partial charge in [0.2, 0.25) is 5.60 Å². The van der Waals surface area contributed by atoms with Gasteiger partial charge >= 0.3 is 18.0 Å². The fraction of sp³-hybridized carbons (Fsp3) is 0.583. The number of anilines is 1. The number of likely N-dealkylation sites (tertiary alicyclic amines) is 1. The van der Waals surface area contributed by atoms with E-state index in [-0.39, 0.29) is 18.1 Å². The molecule has 2 saturated heterocycles. The van der Waals surface area contributed by atoms with E-state index in [9.17, 15) is 19.6 Å². The molecule has 198 valence electrons. The van der Waals surface area contributed by atoms with Crippen LogP contribution in [0.5, 0.6) is 0 Å². The summed E-state index contributed by atoms with van der Waals surface area (Å²) in [6, 6.07) is 5.22. The fourth-order valence-corrected chi connectivity index (χ4v) is 4.85. The number of carbonyl (C=O) groups is 3. The van der Waals surface area contributed by atoms with E-state index in [1.54, 1.807) is 17.0 Å². The van der Waals surface area contributed by atoms with Gasteiger partial charge in [-0.3, -0.25) is 9.59 Å². The minimum absolute atomic E-state index is 0.159. The average Bonchev–Trinajstić information content (AvgIpc) is 3.38. The van der Waals surface area contributed by atoms with Gasteiger partial charge in [0, 0.05) is 26.9 Å². The number of rotatable bonds is 5. The summed E-state index contributed by atoms with van der Waals surface area (Å²) in [7, 11) is 0. The number of hydrogen-bond donors (Lipinski definition) is 1. The third-order valence-electron chi connectivity index (χ3n) is 6.51. The summed E-state index contributed by atoms with van der Waals surface area (Å²) in [6.45, 7) is 3.16. The minimum atomic E-state index is -1.96. The van der Waals surface area contributed by atoms with Crippen LogP contribution in [0, 0.1) is 11.3 Å². The first kappa shape index (κ1) is 26.2. The first-order valence-electron chi connectivity index (χ1n) is 12.2. The summed E-state index contributed by atoms with van der Waals surface area (Å²) >= 11 is 0. The lowest BCUT2D eigenvalue weighted by Gasteiger charge is -2.28. The Hall–Kier alpha value is -3.92. The van der Waals surface area contributed by atoms with Crippen LogP contribution < -0.4 is 5.73 Å². The molecule has 0 saturated carbocycles. The summed E-state index contributed by atoms with van der Waals surface area (Å²) in [5.41, 5.74) is 4.56. The van der Waals surface area contributed by atoms with Crippen molar-refractivity contribution in [2.45, 2.75) is 69.9 Å². The number of ether oxygens (including phenoxy) is 4. The molecule has 2 aliphatic rings. The number of fused-ring (bicyclic) bond motifs is 1. The number of aromatic nitrogens is 3. The molecule has 13 heteroatoms. The lowest BCUT2D eigenvalue weighted by Crippen LogP contribution is -2.46. The lowest BCUT2D eigenvalue weighted by molar-refractivity contribution is -0.166. The Balaban J connectivity index is 1.67. The third-order valence-corrected chi connectivity index (χ3v) is 6.51. The molecule has 13 nitrogen and oxygen atoms in total. The highest BCUT2D eigenvalue weighted by Gasteiger charge is 2.62. The Kier molecular flexibility index (Phi) is 7.77. The fourth-order valence-electron chi connectivity index (χ4n) is 4.85. The van der Waals surface area contributed by atoms with Crippen LogP contribution in [0.3, 0.4) is 0 Å². The van der Waals surface area contributed by atoms with Crippen molar-refractivity contribution in [3.05, 3.63) is 24.2 Å². The van der Waals surface area contributed by atoms with Crippen molar-refractivity contribution in [1.82, 2.24) is 19.5 Å². The molecule has 0 aromatic carbocycles. The van der Waals surface area contributed by atoms with E-state index < -0.39 is 41.9 Å². The molecule has 4 rings (SSSR count). The molecule has 4 heterocycles. The highest BCUT2D eigenvalue weighted by molar-refractivity contribution is 5.69. The van der Waals surface area contributed by atoms with E-state index in [4.69, 9.17) is 24.7 Å².